The van der Waals surface area contributed by atoms with Crippen molar-refractivity contribution in [2.24, 2.45) is 0 Å². The highest BCUT2D eigenvalue weighted by molar-refractivity contribution is 7.98. The third-order valence-electron chi connectivity index (χ3n) is 5.31. The predicted molar refractivity (Wildman–Crippen MR) is 126 cm³/mol. The molecule has 2 aromatic carbocycles. The summed E-state index contributed by atoms with van der Waals surface area (Å²) in [7, 11) is -2.21. The maximum absolute atomic E-state index is 13.1. The normalized spacial score (nSPS) is 14.6. The number of likely N-dealkylation sites (tertiary alicyclic amines) is 1. The van der Waals surface area contributed by atoms with Crippen LogP contribution < -0.4 is 14.2 Å². The van der Waals surface area contributed by atoms with Crippen LogP contribution in [0.4, 0.5) is 0 Å². The van der Waals surface area contributed by atoms with Crippen LogP contribution >= 0.6 is 11.8 Å². The molecule has 32 heavy (non-hydrogen) atoms. The van der Waals surface area contributed by atoms with E-state index in [0.29, 0.717) is 30.2 Å². The quantitative estimate of drug-likeness (QED) is 0.436. The zero-order chi connectivity index (χ0) is 23.0. The summed E-state index contributed by atoms with van der Waals surface area (Å²) in [5.74, 6) is 1.16. The Balaban J connectivity index is 1.67. The Kier molecular flexibility index (Phi) is 8.84. The maximum atomic E-state index is 13.1. The number of rotatable bonds is 9. The molecule has 0 saturated carbocycles. The van der Waals surface area contributed by atoms with Crippen molar-refractivity contribution in [2.45, 2.75) is 35.5 Å². The van der Waals surface area contributed by atoms with Crippen LogP contribution in [-0.4, -0.2) is 58.8 Å². The molecule has 0 spiro atoms. The van der Waals surface area contributed by atoms with Crippen molar-refractivity contribution >= 4 is 27.7 Å². The molecule has 2 aromatic rings. The molecule has 1 N–H and O–H groups in total. The predicted octanol–water partition coefficient (Wildman–Crippen LogP) is 3.79. The fraction of sp³-hybridized carbons (Fsp3) is 0.435. The van der Waals surface area contributed by atoms with Gasteiger partial charge >= 0.3 is 0 Å². The standard InChI is InChI=1S/C23H30N2O5S2/c1-29-18-8-7-9-19(16-18)30-15-12-24-32(27,28)20-10-11-22(31-2)21(17-20)23(26)25-13-5-3-4-6-14-25/h7-11,16-17,24H,3-6,12-15H2,1-2H3. The molecule has 0 radical (unpaired) electrons. The van der Waals surface area contributed by atoms with Crippen LogP contribution in [0.15, 0.2) is 52.3 Å². The molecule has 9 heteroatoms. The number of amides is 1. The highest BCUT2D eigenvalue weighted by Gasteiger charge is 2.23. The van der Waals surface area contributed by atoms with Gasteiger partial charge in [-0.1, -0.05) is 18.9 Å². The van der Waals surface area contributed by atoms with Crippen LogP contribution in [0.25, 0.3) is 0 Å². The second kappa shape index (κ2) is 11.6. The van der Waals surface area contributed by atoms with Gasteiger partial charge in [0.05, 0.1) is 17.6 Å². The molecule has 1 amide bonds. The minimum Gasteiger partial charge on any atom is -0.497 e. The van der Waals surface area contributed by atoms with Crippen LogP contribution in [0, 0.1) is 0 Å². The zero-order valence-electron chi connectivity index (χ0n) is 18.5. The van der Waals surface area contributed by atoms with Crippen molar-refractivity contribution in [3.8, 4) is 11.5 Å². The average Bonchev–Trinajstić information content (AvgIpc) is 3.11. The van der Waals surface area contributed by atoms with Gasteiger partial charge in [0.1, 0.15) is 18.1 Å². The molecule has 1 aliphatic rings. The van der Waals surface area contributed by atoms with Gasteiger partial charge in [-0.3, -0.25) is 4.79 Å². The number of methoxy groups -OCH3 is 1. The lowest BCUT2D eigenvalue weighted by molar-refractivity contribution is 0.0758. The number of sulfonamides is 1. The van der Waals surface area contributed by atoms with E-state index in [2.05, 4.69) is 4.72 Å². The van der Waals surface area contributed by atoms with Crippen molar-refractivity contribution in [3.05, 3.63) is 48.0 Å². The average molecular weight is 479 g/mol. The van der Waals surface area contributed by atoms with E-state index in [4.69, 9.17) is 9.47 Å². The third-order valence-corrected chi connectivity index (χ3v) is 7.56. The molecular weight excluding hydrogens is 448 g/mol. The number of carbonyl (C=O) groups excluding carboxylic acids is 1. The third kappa shape index (κ3) is 6.40. The van der Waals surface area contributed by atoms with Gasteiger partial charge in [0, 0.05) is 30.6 Å². The smallest absolute Gasteiger partial charge is 0.255 e. The van der Waals surface area contributed by atoms with Crippen molar-refractivity contribution in [1.29, 1.82) is 0 Å². The molecule has 3 rings (SSSR count). The first kappa shape index (κ1) is 24.4. The number of hydrogen-bond acceptors (Lipinski definition) is 6. The van der Waals surface area contributed by atoms with Gasteiger partial charge in [0.25, 0.3) is 5.91 Å². The summed E-state index contributed by atoms with van der Waals surface area (Å²) in [5, 5.41) is 0. The van der Waals surface area contributed by atoms with Crippen molar-refractivity contribution in [2.75, 3.05) is 39.6 Å². The van der Waals surface area contributed by atoms with Crippen LogP contribution in [0.2, 0.25) is 0 Å². The van der Waals surface area contributed by atoms with Crippen molar-refractivity contribution < 1.29 is 22.7 Å². The molecule has 1 fully saturated rings. The summed E-state index contributed by atoms with van der Waals surface area (Å²) in [6.07, 6.45) is 6.09. The SMILES string of the molecule is COc1cccc(OCCNS(=O)(=O)c2ccc(SC)c(C(=O)N3CCCCCC3)c2)c1. The van der Waals surface area contributed by atoms with Crippen LogP contribution in [0.3, 0.4) is 0 Å². The molecular formula is C23H30N2O5S2. The topological polar surface area (TPSA) is 84.9 Å². The first-order chi connectivity index (χ1) is 15.4. The minimum atomic E-state index is -3.78. The second-order valence-corrected chi connectivity index (χ2v) is 10.1. The molecule has 7 nitrogen and oxygen atoms in total. The minimum absolute atomic E-state index is 0.0786. The molecule has 1 aliphatic heterocycles. The summed E-state index contributed by atoms with van der Waals surface area (Å²) in [6.45, 7) is 1.68. The zero-order valence-corrected chi connectivity index (χ0v) is 20.1. The fourth-order valence-electron chi connectivity index (χ4n) is 3.58. The first-order valence-electron chi connectivity index (χ1n) is 10.7. The van der Waals surface area contributed by atoms with E-state index in [1.165, 1.54) is 23.9 Å². The molecule has 1 heterocycles. The van der Waals surface area contributed by atoms with E-state index in [1.54, 1.807) is 37.4 Å². The maximum Gasteiger partial charge on any atom is 0.255 e. The van der Waals surface area contributed by atoms with Gasteiger partial charge in [-0.05, 0) is 49.4 Å². The summed E-state index contributed by atoms with van der Waals surface area (Å²) in [4.78, 5) is 15.8. The Morgan fingerprint density at radius 2 is 1.78 bits per heavy atom. The molecule has 0 unspecified atom stereocenters. The fourth-order valence-corrected chi connectivity index (χ4v) is 5.19. The number of ether oxygens (including phenoxy) is 2. The van der Waals surface area contributed by atoms with Crippen LogP contribution in [0.5, 0.6) is 11.5 Å². The Labute approximate surface area is 194 Å². The number of hydrogen-bond donors (Lipinski definition) is 1. The largest absolute Gasteiger partial charge is 0.497 e. The summed E-state index contributed by atoms with van der Waals surface area (Å²) in [6, 6.07) is 11.8. The second-order valence-electron chi connectivity index (χ2n) is 7.49. The van der Waals surface area contributed by atoms with Crippen LogP contribution in [0.1, 0.15) is 36.0 Å². The number of thioether (sulfide) groups is 1. The molecule has 0 atom stereocenters. The number of benzene rings is 2. The lowest BCUT2D eigenvalue weighted by Gasteiger charge is -2.22. The van der Waals surface area contributed by atoms with Gasteiger partial charge in [-0.15, -0.1) is 11.8 Å². The molecule has 174 valence electrons. The van der Waals surface area contributed by atoms with Crippen LogP contribution in [-0.2, 0) is 10.0 Å². The number of nitrogens with one attached hydrogen (secondary N) is 1. The Bertz CT molecular complexity index is 1020. The highest BCUT2D eigenvalue weighted by Crippen LogP contribution is 2.26. The van der Waals surface area contributed by atoms with Crippen molar-refractivity contribution in [3.63, 3.8) is 0 Å². The van der Waals surface area contributed by atoms with Gasteiger partial charge in [0.2, 0.25) is 10.0 Å². The monoisotopic (exact) mass is 478 g/mol. The summed E-state index contributed by atoms with van der Waals surface area (Å²) < 4.78 is 39.0. The van der Waals surface area contributed by atoms with E-state index in [1.807, 2.05) is 11.2 Å². The van der Waals surface area contributed by atoms with Gasteiger partial charge in [0.15, 0.2) is 0 Å². The first-order valence-corrected chi connectivity index (χ1v) is 13.4. The van der Waals surface area contributed by atoms with E-state index >= 15 is 0 Å². The molecule has 1 saturated heterocycles. The Hall–Kier alpha value is -2.23. The molecule has 0 aromatic heterocycles. The van der Waals surface area contributed by atoms with E-state index in [-0.39, 0.29) is 24.0 Å². The number of nitrogens with zero attached hydrogens (tertiary/aromatic N) is 1. The number of carbonyl (C=O) groups is 1. The molecule has 0 aliphatic carbocycles. The lowest BCUT2D eigenvalue weighted by Crippen LogP contribution is -2.33. The van der Waals surface area contributed by atoms with E-state index in [9.17, 15) is 13.2 Å². The Morgan fingerprint density at radius 3 is 2.47 bits per heavy atom. The van der Waals surface area contributed by atoms with E-state index in [0.717, 1.165) is 30.6 Å². The summed E-state index contributed by atoms with van der Waals surface area (Å²) >= 11 is 1.44. The summed E-state index contributed by atoms with van der Waals surface area (Å²) in [5.41, 5.74) is 0.440. The van der Waals surface area contributed by atoms with E-state index < -0.39 is 10.0 Å². The van der Waals surface area contributed by atoms with Gasteiger partial charge in [-0.25, -0.2) is 13.1 Å². The lowest BCUT2D eigenvalue weighted by atomic mass is 10.2. The highest BCUT2D eigenvalue weighted by atomic mass is 32.2. The molecule has 0 bridgehead atoms. The Morgan fingerprint density at radius 1 is 1.06 bits per heavy atom. The van der Waals surface area contributed by atoms with Gasteiger partial charge < -0.3 is 14.4 Å². The van der Waals surface area contributed by atoms with Gasteiger partial charge in [-0.2, -0.15) is 0 Å². The van der Waals surface area contributed by atoms with Crippen molar-refractivity contribution in [1.82, 2.24) is 9.62 Å².